The lowest BCUT2D eigenvalue weighted by Crippen LogP contribution is -2.30. The van der Waals surface area contributed by atoms with Crippen LogP contribution in [0.5, 0.6) is 0 Å². The van der Waals surface area contributed by atoms with Gasteiger partial charge in [-0.15, -0.1) is 0 Å². The second-order valence-corrected chi connectivity index (χ2v) is 34.2. The van der Waals surface area contributed by atoms with Crippen molar-refractivity contribution in [3.8, 4) is 0 Å². The summed E-state index contributed by atoms with van der Waals surface area (Å²) in [6.07, 6.45) is 67.8. The van der Waals surface area contributed by atoms with Gasteiger partial charge in [0.15, 0.2) is 12.2 Å². The van der Waals surface area contributed by atoms with Crippen molar-refractivity contribution in [1.29, 1.82) is 0 Å². The highest BCUT2D eigenvalue weighted by Gasteiger charge is 2.30. The quantitative estimate of drug-likeness (QED) is 0.0222. The lowest BCUT2D eigenvalue weighted by atomic mass is 9.99. The van der Waals surface area contributed by atoms with E-state index in [1.54, 1.807) is 0 Å². The van der Waals surface area contributed by atoms with Crippen LogP contribution < -0.4 is 0 Å². The van der Waals surface area contributed by atoms with Crippen molar-refractivity contribution >= 4 is 39.5 Å². The zero-order valence-corrected chi connectivity index (χ0v) is 70.1. The molecule has 0 rings (SSSR count). The number of hydrogen-bond donors (Lipinski definition) is 3. The van der Waals surface area contributed by atoms with Gasteiger partial charge in [0, 0.05) is 25.7 Å². The SMILES string of the molecule is CCCCCCCCCCCCCCCC(=O)O[C@H](COC(=O)CCCCCCCCCCCCCC)COP(=O)(O)OC[C@H](O)COP(=O)(O)OC[C@@H](COC(=O)CCCCCCCCCCCCCCCCC(C)CC)OC(=O)CCCCCCCCCCCCCCCCCCCCC(C)C. The van der Waals surface area contributed by atoms with Gasteiger partial charge >= 0.3 is 39.5 Å². The summed E-state index contributed by atoms with van der Waals surface area (Å²) in [7, 11) is -9.92. The molecule has 0 aromatic heterocycles. The number of ether oxygens (including phenoxy) is 4. The van der Waals surface area contributed by atoms with Crippen LogP contribution in [0.3, 0.4) is 0 Å². The number of aliphatic hydroxyl groups is 1. The van der Waals surface area contributed by atoms with E-state index in [4.69, 9.17) is 37.0 Å². The molecule has 0 aliphatic heterocycles. The van der Waals surface area contributed by atoms with Gasteiger partial charge in [-0.25, -0.2) is 9.13 Å². The fraction of sp³-hybridized carbons (Fsp3) is 0.953. The van der Waals surface area contributed by atoms with E-state index in [1.165, 1.54) is 270 Å². The van der Waals surface area contributed by atoms with E-state index in [1.807, 2.05) is 0 Å². The van der Waals surface area contributed by atoms with Crippen LogP contribution in [0.25, 0.3) is 0 Å². The predicted molar refractivity (Wildman–Crippen MR) is 428 cm³/mol. The summed E-state index contributed by atoms with van der Waals surface area (Å²) in [4.78, 5) is 73.2. The highest BCUT2D eigenvalue weighted by Crippen LogP contribution is 2.45. The molecule has 0 saturated heterocycles. The van der Waals surface area contributed by atoms with Crippen LogP contribution in [0.15, 0.2) is 0 Å². The Balaban J connectivity index is 5.24. The van der Waals surface area contributed by atoms with Gasteiger partial charge in [-0.3, -0.25) is 37.3 Å². The molecule has 0 amide bonds. The molecular formula is C85H166O17P2. The van der Waals surface area contributed by atoms with E-state index in [0.29, 0.717) is 25.7 Å². The predicted octanol–water partition coefficient (Wildman–Crippen LogP) is 25.8. The fourth-order valence-electron chi connectivity index (χ4n) is 13.2. The number of carbonyl (C=O) groups excluding carboxylic acids is 4. The number of carbonyl (C=O) groups is 4. The van der Waals surface area contributed by atoms with E-state index in [9.17, 15) is 43.2 Å². The summed E-state index contributed by atoms with van der Waals surface area (Å²) in [6.45, 7) is 9.76. The van der Waals surface area contributed by atoms with E-state index < -0.39 is 97.5 Å². The molecule has 0 saturated carbocycles. The third-order valence-corrected chi connectivity index (χ3v) is 22.2. The van der Waals surface area contributed by atoms with E-state index in [-0.39, 0.29) is 25.7 Å². The van der Waals surface area contributed by atoms with Crippen molar-refractivity contribution < 1.29 is 80.2 Å². The van der Waals surface area contributed by atoms with Gasteiger partial charge in [-0.2, -0.15) is 0 Å². The summed E-state index contributed by atoms with van der Waals surface area (Å²) in [5.74, 6) is -0.430. The van der Waals surface area contributed by atoms with Crippen LogP contribution in [0.4, 0.5) is 0 Å². The van der Waals surface area contributed by atoms with Crippen molar-refractivity contribution in [3.63, 3.8) is 0 Å². The number of rotatable bonds is 84. The van der Waals surface area contributed by atoms with Crippen LogP contribution in [0, 0.1) is 11.8 Å². The van der Waals surface area contributed by atoms with Gasteiger partial charge < -0.3 is 33.8 Å². The highest BCUT2D eigenvalue weighted by atomic mass is 31.2. The van der Waals surface area contributed by atoms with Crippen LogP contribution in [-0.2, 0) is 65.4 Å². The van der Waals surface area contributed by atoms with Crippen LogP contribution in [0.2, 0.25) is 0 Å². The Morgan fingerprint density at radius 3 is 0.731 bits per heavy atom. The number of aliphatic hydroxyl groups excluding tert-OH is 1. The second-order valence-electron chi connectivity index (χ2n) is 31.3. The lowest BCUT2D eigenvalue weighted by molar-refractivity contribution is -0.161. The molecule has 3 N–H and O–H groups in total. The molecule has 0 bridgehead atoms. The Labute approximate surface area is 638 Å². The van der Waals surface area contributed by atoms with Crippen LogP contribution in [0.1, 0.15) is 452 Å². The summed E-state index contributed by atoms with van der Waals surface area (Å²) < 4.78 is 68.9. The molecule has 0 aromatic rings. The third-order valence-electron chi connectivity index (χ3n) is 20.3. The summed E-state index contributed by atoms with van der Waals surface area (Å²) in [5, 5.41) is 10.7. The highest BCUT2D eigenvalue weighted by molar-refractivity contribution is 7.47. The summed E-state index contributed by atoms with van der Waals surface area (Å²) >= 11 is 0. The Hall–Kier alpha value is -1.94. The number of esters is 4. The van der Waals surface area contributed by atoms with E-state index in [0.717, 1.165) is 102 Å². The summed E-state index contributed by atoms with van der Waals surface area (Å²) in [6, 6.07) is 0. The Bertz CT molecular complexity index is 2000. The maximum Gasteiger partial charge on any atom is 0.472 e. The Morgan fingerprint density at radius 1 is 0.279 bits per heavy atom. The Kier molecular flexibility index (Phi) is 75.0. The van der Waals surface area contributed by atoms with Gasteiger partial charge in [0.25, 0.3) is 0 Å². The normalized spacial score (nSPS) is 14.1. The number of hydrogen-bond acceptors (Lipinski definition) is 15. The maximum atomic E-state index is 13.1. The molecule has 104 heavy (non-hydrogen) atoms. The van der Waals surface area contributed by atoms with Crippen molar-refractivity contribution in [2.75, 3.05) is 39.6 Å². The molecule has 0 aliphatic rings. The largest absolute Gasteiger partial charge is 0.472 e. The minimum Gasteiger partial charge on any atom is -0.462 e. The molecule has 3 unspecified atom stereocenters. The van der Waals surface area contributed by atoms with E-state index in [2.05, 4.69) is 41.5 Å². The smallest absolute Gasteiger partial charge is 0.462 e. The first kappa shape index (κ1) is 102. The molecule has 0 aliphatic carbocycles. The van der Waals surface area contributed by atoms with E-state index >= 15 is 0 Å². The topological polar surface area (TPSA) is 237 Å². The fourth-order valence-corrected chi connectivity index (χ4v) is 14.8. The van der Waals surface area contributed by atoms with Gasteiger partial charge in [0.05, 0.1) is 26.4 Å². The molecule has 19 heteroatoms. The van der Waals surface area contributed by atoms with Gasteiger partial charge in [-0.05, 0) is 37.5 Å². The molecule has 17 nitrogen and oxygen atoms in total. The summed E-state index contributed by atoms with van der Waals surface area (Å²) in [5.41, 5.74) is 0. The zero-order chi connectivity index (χ0) is 76.4. The molecule has 0 fully saturated rings. The Morgan fingerprint density at radius 2 is 0.490 bits per heavy atom. The van der Waals surface area contributed by atoms with Gasteiger partial charge in [0.2, 0.25) is 0 Å². The average Bonchev–Trinajstić information content (AvgIpc) is 0.904. The second kappa shape index (κ2) is 76.4. The molecule has 0 heterocycles. The van der Waals surface area contributed by atoms with Crippen molar-refractivity contribution in [1.82, 2.24) is 0 Å². The number of phosphoric acid groups is 2. The minimum atomic E-state index is -4.97. The maximum absolute atomic E-state index is 13.1. The van der Waals surface area contributed by atoms with Gasteiger partial charge in [-0.1, -0.05) is 401 Å². The molecule has 0 spiro atoms. The number of unbranched alkanes of at least 4 members (excludes halogenated alkanes) is 53. The molecule has 6 atom stereocenters. The average molecular weight is 1520 g/mol. The zero-order valence-electron chi connectivity index (χ0n) is 68.3. The molecule has 0 aromatic carbocycles. The van der Waals surface area contributed by atoms with Crippen LogP contribution >= 0.6 is 15.6 Å². The van der Waals surface area contributed by atoms with Gasteiger partial charge in [0.1, 0.15) is 19.3 Å². The molecule has 618 valence electrons. The molecule has 0 radical (unpaired) electrons. The standard InChI is InChI=1S/C85H166O17P2/c1-7-10-12-14-16-18-20-30-39-45-51-57-63-69-84(89)101-80(73-95-82(87)67-61-55-49-43-37-21-19-17-15-13-11-8-2)75-99-103(91,92)97-71-79(86)72-98-104(93,94)100-76-81(74-96-83(88)68-62-56-50-44-38-33-29-28-32-36-42-48-54-60-66-78(6)9-3)102-85(90)70-64-58-52-46-40-34-27-25-23-22-24-26-31-35-41-47-53-59-65-77(4)5/h77-81,86H,7-76H2,1-6H3,(H,91,92)(H,93,94)/t78?,79-,80+,81+/m0/s1. The van der Waals surface area contributed by atoms with Crippen molar-refractivity contribution in [2.45, 2.75) is 471 Å². The number of phosphoric ester groups is 2. The first-order valence-corrected chi connectivity index (χ1v) is 47.0. The van der Waals surface area contributed by atoms with Crippen molar-refractivity contribution in [3.05, 3.63) is 0 Å². The minimum absolute atomic E-state index is 0.108. The van der Waals surface area contributed by atoms with Crippen LogP contribution in [-0.4, -0.2) is 96.7 Å². The first-order valence-electron chi connectivity index (χ1n) is 44.0. The van der Waals surface area contributed by atoms with Crippen molar-refractivity contribution in [2.24, 2.45) is 11.8 Å². The molecular weight excluding hydrogens is 1350 g/mol. The lowest BCUT2D eigenvalue weighted by Gasteiger charge is -2.21. The first-order chi connectivity index (χ1) is 50.4. The monoisotopic (exact) mass is 1520 g/mol. The third kappa shape index (κ3) is 76.8.